The molecule has 0 aliphatic heterocycles. The highest BCUT2D eigenvalue weighted by Gasteiger charge is 2.14. The number of carbonyl (C=O) groups excluding carboxylic acids is 2. The fourth-order valence-corrected chi connectivity index (χ4v) is 2.81. The number of hydrogen-bond acceptors (Lipinski definition) is 5. The van der Waals surface area contributed by atoms with Crippen molar-refractivity contribution in [3.05, 3.63) is 71.2 Å². The van der Waals surface area contributed by atoms with E-state index in [9.17, 15) is 9.59 Å². The minimum Gasteiger partial charge on any atom is -0.483 e. The van der Waals surface area contributed by atoms with E-state index in [-0.39, 0.29) is 18.4 Å². The zero-order valence-electron chi connectivity index (χ0n) is 14.1. The van der Waals surface area contributed by atoms with E-state index in [0.717, 1.165) is 5.56 Å². The number of thiazole rings is 1. The molecule has 0 bridgehead atoms. The van der Waals surface area contributed by atoms with E-state index in [1.165, 1.54) is 11.3 Å². The smallest absolute Gasteiger partial charge is 0.262 e. The first-order valence-electron chi connectivity index (χ1n) is 7.91. The molecule has 2 aromatic carbocycles. The Balaban J connectivity index is 1.65. The van der Waals surface area contributed by atoms with Crippen molar-refractivity contribution in [2.45, 2.75) is 6.92 Å². The summed E-state index contributed by atoms with van der Waals surface area (Å²) in [5, 5.41) is 7.69. The van der Waals surface area contributed by atoms with Crippen LogP contribution in [-0.4, -0.2) is 23.4 Å². The van der Waals surface area contributed by atoms with Crippen molar-refractivity contribution < 1.29 is 14.3 Å². The Morgan fingerprint density at radius 1 is 1.08 bits per heavy atom. The summed E-state index contributed by atoms with van der Waals surface area (Å²) in [6, 6.07) is 14.2. The molecule has 0 atom stereocenters. The second-order valence-corrected chi connectivity index (χ2v) is 6.33. The molecule has 2 N–H and O–H groups in total. The molecule has 0 saturated carbocycles. The first-order chi connectivity index (χ1) is 12.6. The van der Waals surface area contributed by atoms with Crippen molar-refractivity contribution in [1.82, 2.24) is 4.98 Å². The van der Waals surface area contributed by atoms with Gasteiger partial charge in [0, 0.05) is 11.6 Å². The van der Waals surface area contributed by atoms with E-state index < -0.39 is 0 Å². The first kappa shape index (κ1) is 17.6. The van der Waals surface area contributed by atoms with E-state index in [4.69, 9.17) is 4.74 Å². The third-order valence-corrected chi connectivity index (χ3v) is 4.24. The monoisotopic (exact) mass is 367 g/mol. The largest absolute Gasteiger partial charge is 0.483 e. The fraction of sp³-hybridized carbons (Fsp3) is 0.105. The van der Waals surface area contributed by atoms with Gasteiger partial charge in [0.1, 0.15) is 5.75 Å². The summed E-state index contributed by atoms with van der Waals surface area (Å²) >= 11 is 1.32. The maximum absolute atomic E-state index is 12.4. The lowest BCUT2D eigenvalue weighted by Crippen LogP contribution is -2.23. The number of anilines is 2. The van der Waals surface area contributed by atoms with Crippen LogP contribution in [0.1, 0.15) is 15.9 Å². The number of nitrogens with one attached hydrogen (secondary N) is 2. The number of benzene rings is 2. The highest BCUT2D eigenvalue weighted by Crippen LogP contribution is 2.19. The molecule has 2 amide bonds. The van der Waals surface area contributed by atoms with E-state index in [1.54, 1.807) is 41.9 Å². The van der Waals surface area contributed by atoms with Crippen molar-refractivity contribution in [2.75, 3.05) is 17.2 Å². The molecule has 0 radical (unpaired) electrons. The number of nitrogens with zero attached hydrogens (tertiary/aromatic N) is 1. The Bertz CT molecular complexity index is 910. The zero-order valence-corrected chi connectivity index (χ0v) is 14.9. The van der Waals surface area contributed by atoms with Crippen molar-refractivity contribution >= 4 is 34.0 Å². The van der Waals surface area contributed by atoms with Crippen molar-refractivity contribution in [3.8, 4) is 5.75 Å². The molecule has 6 nitrogen and oxygen atoms in total. The molecule has 3 aromatic rings. The van der Waals surface area contributed by atoms with Gasteiger partial charge in [0.25, 0.3) is 11.8 Å². The van der Waals surface area contributed by atoms with Crippen molar-refractivity contribution in [3.63, 3.8) is 0 Å². The maximum Gasteiger partial charge on any atom is 0.262 e. The van der Waals surface area contributed by atoms with Crippen LogP contribution in [0.5, 0.6) is 5.75 Å². The Morgan fingerprint density at radius 2 is 1.85 bits per heavy atom. The summed E-state index contributed by atoms with van der Waals surface area (Å²) in [6.45, 7) is 1.76. The van der Waals surface area contributed by atoms with Crippen LogP contribution in [0.15, 0.2) is 60.1 Å². The molecule has 0 saturated heterocycles. The molecular weight excluding hydrogens is 350 g/mol. The maximum atomic E-state index is 12.4. The van der Waals surface area contributed by atoms with Gasteiger partial charge < -0.3 is 10.1 Å². The van der Waals surface area contributed by atoms with Crippen LogP contribution in [0.25, 0.3) is 0 Å². The number of amides is 2. The second-order valence-electron chi connectivity index (χ2n) is 5.44. The number of ether oxygens (including phenoxy) is 1. The van der Waals surface area contributed by atoms with Gasteiger partial charge in [-0.15, -0.1) is 11.3 Å². The van der Waals surface area contributed by atoms with Gasteiger partial charge in [0.05, 0.1) is 11.3 Å². The molecule has 26 heavy (non-hydrogen) atoms. The highest BCUT2D eigenvalue weighted by molar-refractivity contribution is 7.13. The lowest BCUT2D eigenvalue weighted by Gasteiger charge is -2.12. The van der Waals surface area contributed by atoms with Crippen LogP contribution in [0.4, 0.5) is 10.8 Å². The highest BCUT2D eigenvalue weighted by atomic mass is 32.1. The Labute approximate surface area is 154 Å². The van der Waals surface area contributed by atoms with Crippen LogP contribution < -0.4 is 15.4 Å². The zero-order chi connectivity index (χ0) is 18.4. The van der Waals surface area contributed by atoms with Crippen LogP contribution in [0.2, 0.25) is 0 Å². The lowest BCUT2D eigenvalue weighted by atomic mass is 10.1. The summed E-state index contributed by atoms with van der Waals surface area (Å²) in [6.07, 6.45) is 1.61. The Hall–Kier alpha value is -3.19. The van der Waals surface area contributed by atoms with Crippen LogP contribution >= 0.6 is 11.3 Å². The van der Waals surface area contributed by atoms with E-state index >= 15 is 0 Å². The average Bonchev–Trinajstić information content (AvgIpc) is 3.14. The van der Waals surface area contributed by atoms with Gasteiger partial charge in [-0.05, 0) is 30.7 Å². The van der Waals surface area contributed by atoms with Gasteiger partial charge in [-0.1, -0.05) is 30.3 Å². The summed E-state index contributed by atoms with van der Waals surface area (Å²) in [7, 11) is 0. The van der Waals surface area contributed by atoms with Gasteiger partial charge in [-0.25, -0.2) is 4.98 Å². The molecule has 7 heteroatoms. The molecular formula is C19H17N3O3S. The Kier molecular flexibility index (Phi) is 5.60. The number of carbonyl (C=O) groups is 2. The van der Waals surface area contributed by atoms with E-state index in [1.807, 2.05) is 25.1 Å². The molecule has 1 heterocycles. The second kappa shape index (κ2) is 8.26. The summed E-state index contributed by atoms with van der Waals surface area (Å²) in [5.74, 6) is -0.0316. The van der Waals surface area contributed by atoms with Gasteiger partial charge >= 0.3 is 0 Å². The van der Waals surface area contributed by atoms with E-state index in [0.29, 0.717) is 22.1 Å². The number of hydrogen-bond donors (Lipinski definition) is 2. The van der Waals surface area contributed by atoms with Gasteiger partial charge in [0.2, 0.25) is 0 Å². The SMILES string of the molecule is Cc1ccccc1OCC(=O)Nc1ccccc1C(=O)Nc1nccs1. The normalized spacial score (nSPS) is 10.2. The minimum atomic E-state index is -0.345. The molecule has 0 unspecified atom stereocenters. The lowest BCUT2D eigenvalue weighted by molar-refractivity contribution is -0.118. The molecule has 0 aliphatic carbocycles. The van der Waals surface area contributed by atoms with Crippen molar-refractivity contribution in [1.29, 1.82) is 0 Å². The summed E-state index contributed by atoms with van der Waals surface area (Å²) in [5.41, 5.74) is 1.72. The molecule has 1 aromatic heterocycles. The number of aryl methyl sites for hydroxylation is 1. The van der Waals surface area contributed by atoms with Crippen LogP contribution in [0.3, 0.4) is 0 Å². The van der Waals surface area contributed by atoms with Gasteiger partial charge in [0.15, 0.2) is 11.7 Å². The predicted octanol–water partition coefficient (Wildman–Crippen LogP) is 3.72. The molecule has 3 rings (SSSR count). The number of para-hydroxylation sites is 2. The van der Waals surface area contributed by atoms with Crippen molar-refractivity contribution in [2.24, 2.45) is 0 Å². The third kappa shape index (κ3) is 4.46. The fourth-order valence-electron chi connectivity index (χ4n) is 2.29. The summed E-state index contributed by atoms with van der Waals surface area (Å²) < 4.78 is 5.54. The topological polar surface area (TPSA) is 80.3 Å². The van der Waals surface area contributed by atoms with Crippen LogP contribution in [0, 0.1) is 6.92 Å². The average molecular weight is 367 g/mol. The Morgan fingerprint density at radius 3 is 2.62 bits per heavy atom. The number of rotatable bonds is 6. The third-order valence-electron chi connectivity index (χ3n) is 3.55. The molecule has 0 fully saturated rings. The quantitative estimate of drug-likeness (QED) is 0.696. The molecule has 0 spiro atoms. The standard InChI is InChI=1S/C19H17N3O3S/c1-13-6-2-5-9-16(13)25-12-17(23)21-15-8-4-3-7-14(15)18(24)22-19-20-10-11-26-19/h2-11H,12H2,1H3,(H,21,23)(H,20,22,24). The minimum absolute atomic E-state index is 0.146. The molecule has 0 aliphatic rings. The predicted molar refractivity (Wildman–Crippen MR) is 102 cm³/mol. The van der Waals surface area contributed by atoms with Crippen LogP contribution in [-0.2, 0) is 4.79 Å². The number of aromatic nitrogens is 1. The van der Waals surface area contributed by atoms with Gasteiger partial charge in [-0.3, -0.25) is 14.9 Å². The first-order valence-corrected chi connectivity index (χ1v) is 8.79. The van der Waals surface area contributed by atoms with E-state index in [2.05, 4.69) is 15.6 Å². The molecule has 132 valence electrons. The van der Waals surface area contributed by atoms with Gasteiger partial charge in [-0.2, -0.15) is 0 Å². The summed E-state index contributed by atoms with van der Waals surface area (Å²) in [4.78, 5) is 28.6.